The quantitative estimate of drug-likeness (QED) is 0.549. The molecule has 1 aliphatic rings. The van der Waals surface area contributed by atoms with E-state index in [1.807, 2.05) is 6.92 Å². The van der Waals surface area contributed by atoms with E-state index < -0.39 is 23.4 Å². The first-order valence-electron chi connectivity index (χ1n) is 8.46. The summed E-state index contributed by atoms with van der Waals surface area (Å²) in [6.07, 6.45) is -3.96. The Balaban J connectivity index is 1.80. The second-order valence-corrected chi connectivity index (χ2v) is 6.59. The molecule has 1 aliphatic heterocycles. The summed E-state index contributed by atoms with van der Waals surface area (Å²) < 4.78 is 76.1. The van der Waals surface area contributed by atoms with Gasteiger partial charge in [0.25, 0.3) is 0 Å². The van der Waals surface area contributed by atoms with Crippen molar-refractivity contribution < 1.29 is 31.4 Å². The zero-order valence-electron chi connectivity index (χ0n) is 14.5. The normalized spacial score (nSPS) is 20.4. The second kappa shape index (κ2) is 7.83. The average Bonchev–Trinajstić information content (AvgIpc) is 2.60. The van der Waals surface area contributed by atoms with Crippen LogP contribution in [-0.2, 0) is 15.9 Å². The number of benzene rings is 2. The van der Waals surface area contributed by atoms with Gasteiger partial charge in [0.2, 0.25) is 0 Å². The summed E-state index contributed by atoms with van der Waals surface area (Å²) in [6.45, 7) is 3.27. The molecule has 0 spiro atoms. The van der Waals surface area contributed by atoms with E-state index in [0.29, 0.717) is 32.0 Å². The molecule has 0 unspecified atom stereocenters. The largest absolute Gasteiger partial charge is 0.458 e. The Morgan fingerprint density at radius 1 is 1.11 bits per heavy atom. The van der Waals surface area contributed by atoms with Crippen LogP contribution < -0.4 is 0 Å². The Hall–Kier alpha value is -2.17. The molecule has 27 heavy (non-hydrogen) atoms. The molecule has 144 valence electrons. The summed E-state index contributed by atoms with van der Waals surface area (Å²) in [4.78, 5) is 0. The standard InChI is InChI=1S/C20H17F5O2/c1-12-10-26-18(27-11-12)5-3-13-2-4-15-14(8-13)9-17(21)16(19(15)22)6-7-20(23,24)25/h2,4,8-9,12,18H,3,5,10-11H2,1H3. The topological polar surface area (TPSA) is 18.5 Å². The van der Waals surface area contributed by atoms with Gasteiger partial charge in [-0.25, -0.2) is 8.78 Å². The predicted octanol–water partition coefficient (Wildman–Crippen LogP) is 4.97. The first-order chi connectivity index (χ1) is 12.7. The lowest BCUT2D eigenvalue weighted by atomic mass is 10.0. The first kappa shape index (κ1) is 19.6. The van der Waals surface area contributed by atoms with E-state index in [2.05, 4.69) is 0 Å². The van der Waals surface area contributed by atoms with Crippen molar-refractivity contribution in [1.82, 2.24) is 0 Å². The lowest BCUT2D eigenvalue weighted by Crippen LogP contribution is -2.30. The number of ether oxygens (including phenoxy) is 2. The van der Waals surface area contributed by atoms with Crippen LogP contribution in [0.5, 0.6) is 0 Å². The molecule has 3 rings (SSSR count). The van der Waals surface area contributed by atoms with Gasteiger partial charge >= 0.3 is 6.18 Å². The average molecular weight is 384 g/mol. The van der Waals surface area contributed by atoms with E-state index in [4.69, 9.17) is 9.47 Å². The molecular weight excluding hydrogens is 367 g/mol. The van der Waals surface area contributed by atoms with Gasteiger partial charge in [-0.3, -0.25) is 0 Å². The summed E-state index contributed by atoms with van der Waals surface area (Å²) >= 11 is 0. The summed E-state index contributed by atoms with van der Waals surface area (Å²) in [5.41, 5.74) is -0.0630. The Morgan fingerprint density at radius 2 is 1.81 bits per heavy atom. The van der Waals surface area contributed by atoms with Crippen molar-refractivity contribution >= 4 is 10.8 Å². The van der Waals surface area contributed by atoms with Crippen molar-refractivity contribution in [2.24, 2.45) is 5.92 Å². The Morgan fingerprint density at radius 3 is 2.48 bits per heavy atom. The van der Waals surface area contributed by atoms with Crippen LogP contribution in [0.3, 0.4) is 0 Å². The maximum Gasteiger partial charge on any atom is 0.458 e. The molecule has 2 aromatic rings. The van der Waals surface area contributed by atoms with E-state index in [9.17, 15) is 22.0 Å². The molecule has 0 radical (unpaired) electrons. The van der Waals surface area contributed by atoms with Crippen molar-refractivity contribution in [2.75, 3.05) is 13.2 Å². The molecule has 0 aliphatic carbocycles. The molecule has 7 heteroatoms. The van der Waals surface area contributed by atoms with Crippen molar-refractivity contribution in [3.63, 3.8) is 0 Å². The predicted molar refractivity (Wildman–Crippen MR) is 90.0 cm³/mol. The number of aryl methyl sites for hydroxylation is 1. The molecule has 0 atom stereocenters. The highest BCUT2D eigenvalue weighted by atomic mass is 19.4. The van der Waals surface area contributed by atoms with Gasteiger partial charge in [-0.05, 0) is 23.4 Å². The SMILES string of the molecule is CC1COC(CCc2ccc3c(F)c(C#CC(F)(F)F)c(F)cc3c2)OC1. The van der Waals surface area contributed by atoms with Gasteiger partial charge in [0.1, 0.15) is 11.6 Å². The molecule has 1 fully saturated rings. The molecule has 1 heterocycles. The summed E-state index contributed by atoms with van der Waals surface area (Å²) in [7, 11) is 0. The van der Waals surface area contributed by atoms with E-state index >= 15 is 0 Å². The number of halogens is 5. The molecule has 2 aromatic carbocycles. The van der Waals surface area contributed by atoms with Gasteiger partial charge in [0, 0.05) is 23.6 Å². The van der Waals surface area contributed by atoms with Gasteiger partial charge in [0.15, 0.2) is 6.29 Å². The maximum absolute atomic E-state index is 14.4. The maximum atomic E-state index is 14.4. The third-order valence-electron chi connectivity index (χ3n) is 4.22. The molecule has 0 saturated carbocycles. The number of hydrogen-bond acceptors (Lipinski definition) is 2. The van der Waals surface area contributed by atoms with Crippen LogP contribution in [-0.4, -0.2) is 25.7 Å². The first-order valence-corrected chi connectivity index (χ1v) is 8.46. The molecule has 0 amide bonds. The molecule has 0 bridgehead atoms. The third kappa shape index (κ3) is 4.96. The fraction of sp³-hybridized carbons (Fsp3) is 0.400. The van der Waals surface area contributed by atoms with E-state index in [1.54, 1.807) is 18.1 Å². The number of fused-ring (bicyclic) bond motifs is 1. The summed E-state index contributed by atoms with van der Waals surface area (Å²) in [5, 5.41) is 0.282. The molecule has 0 N–H and O–H groups in total. The molecule has 0 aromatic heterocycles. The van der Waals surface area contributed by atoms with Crippen LogP contribution in [0.25, 0.3) is 10.8 Å². The highest BCUT2D eigenvalue weighted by molar-refractivity contribution is 5.85. The molecular formula is C20H17F5O2. The fourth-order valence-electron chi connectivity index (χ4n) is 2.87. The van der Waals surface area contributed by atoms with Gasteiger partial charge in [-0.1, -0.05) is 31.0 Å². The zero-order valence-corrected chi connectivity index (χ0v) is 14.5. The third-order valence-corrected chi connectivity index (χ3v) is 4.22. The van der Waals surface area contributed by atoms with Crippen LogP contribution in [0.15, 0.2) is 24.3 Å². The fourth-order valence-corrected chi connectivity index (χ4v) is 2.87. The summed E-state index contributed by atoms with van der Waals surface area (Å²) in [6, 6.07) is 5.67. The van der Waals surface area contributed by atoms with Gasteiger partial charge in [0.05, 0.1) is 18.8 Å². The van der Waals surface area contributed by atoms with Crippen molar-refractivity contribution in [3.05, 3.63) is 47.0 Å². The highest BCUT2D eigenvalue weighted by Crippen LogP contribution is 2.26. The van der Waals surface area contributed by atoms with Crippen molar-refractivity contribution in [1.29, 1.82) is 0 Å². The van der Waals surface area contributed by atoms with E-state index in [1.165, 1.54) is 6.07 Å². The van der Waals surface area contributed by atoms with Gasteiger partial charge in [-0.2, -0.15) is 13.2 Å². The van der Waals surface area contributed by atoms with Crippen LogP contribution in [0, 0.1) is 29.4 Å². The smallest absolute Gasteiger partial charge is 0.352 e. The Labute approximate surface area is 153 Å². The molecule has 2 nitrogen and oxygen atoms in total. The van der Waals surface area contributed by atoms with Crippen LogP contribution in [0.4, 0.5) is 22.0 Å². The van der Waals surface area contributed by atoms with E-state index in [-0.39, 0.29) is 17.1 Å². The summed E-state index contributed by atoms with van der Waals surface area (Å²) in [5.74, 6) is 0.570. The zero-order chi connectivity index (χ0) is 19.6. The minimum absolute atomic E-state index is 0.0191. The minimum Gasteiger partial charge on any atom is -0.352 e. The van der Waals surface area contributed by atoms with Gasteiger partial charge in [-0.15, -0.1) is 0 Å². The number of hydrogen-bond donors (Lipinski definition) is 0. The minimum atomic E-state index is -4.82. The van der Waals surface area contributed by atoms with Crippen LogP contribution >= 0.6 is 0 Å². The van der Waals surface area contributed by atoms with Crippen molar-refractivity contribution in [2.45, 2.75) is 32.2 Å². The van der Waals surface area contributed by atoms with Crippen molar-refractivity contribution in [3.8, 4) is 11.8 Å². The lowest BCUT2D eigenvalue weighted by molar-refractivity contribution is -0.199. The van der Waals surface area contributed by atoms with Gasteiger partial charge < -0.3 is 9.47 Å². The van der Waals surface area contributed by atoms with Crippen LogP contribution in [0.1, 0.15) is 24.5 Å². The number of alkyl halides is 3. The lowest BCUT2D eigenvalue weighted by Gasteiger charge is -2.27. The highest BCUT2D eigenvalue weighted by Gasteiger charge is 2.24. The Bertz CT molecular complexity index is 887. The second-order valence-electron chi connectivity index (χ2n) is 6.59. The monoisotopic (exact) mass is 384 g/mol. The van der Waals surface area contributed by atoms with E-state index in [0.717, 1.165) is 17.6 Å². The molecule has 1 saturated heterocycles. The number of rotatable bonds is 3. The Kier molecular flexibility index (Phi) is 5.68. The van der Waals surface area contributed by atoms with Crippen LogP contribution in [0.2, 0.25) is 0 Å².